The van der Waals surface area contributed by atoms with E-state index in [2.05, 4.69) is 25.7 Å². The van der Waals surface area contributed by atoms with E-state index < -0.39 is 12.7 Å². The normalized spacial score (nSPS) is 19.1. The lowest BCUT2D eigenvalue weighted by Gasteiger charge is -2.15. The fourth-order valence-electron chi connectivity index (χ4n) is 3.57. The van der Waals surface area contributed by atoms with Crippen LogP contribution in [0.15, 0.2) is 55.1 Å². The Kier molecular flexibility index (Phi) is 4.62. The second-order valence-corrected chi connectivity index (χ2v) is 7.11. The summed E-state index contributed by atoms with van der Waals surface area (Å²) in [5.41, 5.74) is 3.38. The average molecular weight is 413 g/mol. The molecule has 0 saturated carbocycles. The molecule has 30 heavy (non-hydrogen) atoms. The van der Waals surface area contributed by atoms with Gasteiger partial charge in [0.15, 0.2) is 0 Å². The molecule has 10 heteroatoms. The molecular formula is C20H18F3N7. The van der Waals surface area contributed by atoms with Gasteiger partial charge in [-0.15, -0.1) is 0 Å². The van der Waals surface area contributed by atoms with Gasteiger partial charge in [-0.25, -0.2) is 19.0 Å². The fraction of sp³-hybridized carbons (Fsp3) is 0.250. The van der Waals surface area contributed by atoms with E-state index in [0.29, 0.717) is 40.5 Å². The standard InChI is InChI=1S/C20H18F3N7/c21-14-7-24-8-16(14)28-18-3-1-2-15(27-18)17-9-25-19-5-4-12(10-29(17)19)13-6-26-30(11-13)20(22)23/h1-6,9-11,14,16,20,24H,7-8H2,(H,27,28)/t14-,16-/m0/s1. The third kappa shape index (κ3) is 3.39. The van der Waals surface area contributed by atoms with E-state index in [9.17, 15) is 13.2 Å². The first-order chi connectivity index (χ1) is 14.6. The van der Waals surface area contributed by atoms with Gasteiger partial charge in [-0.1, -0.05) is 6.07 Å². The molecule has 0 amide bonds. The Morgan fingerprint density at radius 1 is 1.07 bits per heavy atom. The van der Waals surface area contributed by atoms with Crippen molar-refractivity contribution in [2.24, 2.45) is 0 Å². The SMILES string of the molecule is FC(F)n1cc(-c2ccc3ncc(-c4cccc(N[C@H]5CNC[C@@H]5F)n4)n3c2)cn1. The van der Waals surface area contributed by atoms with Crippen molar-refractivity contribution in [3.63, 3.8) is 0 Å². The van der Waals surface area contributed by atoms with Crippen LogP contribution in [-0.4, -0.2) is 49.5 Å². The third-order valence-electron chi connectivity index (χ3n) is 5.13. The molecule has 7 nitrogen and oxygen atoms in total. The smallest absolute Gasteiger partial charge is 0.333 e. The van der Waals surface area contributed by atoms with Gasteiger partial charge in [0, 0.05) is 36.6 Å². The Morgan fingerprint density at radius 2 is 1.97 bits per heavy atom. The Morgan fingerprint density at radius 3 is 2.73 bits per heavy atom. The first kappa shape index (κ1) is 18.6. The zero-order valence-electron chi connectivity index (χ0n) is 15.7. The number of alkyl halides is 3. The van der Waals surface area contributed by atoms with Gasteiger partial charge < -0.3 is 10.6 Å². The number of imidazole rings is 1. The van der Waals surface area contributed by atoms with Gasteiger partial charge in [-0.05, 0) is 24.3 Å². The molecule has 4 aromatic rings. The molecule has 154 valence electrons. The predicted octanol–water partition coefficient (Wildman–Crippen LogP) is 3.38. The summed E-state index contributed by atoms with van der Waals surface area (Å²) in [5.74, 6) is 0.577. The van der Waals surface area contributed by atoms with Gasteiger partial charge in [0.25, 0.3) is 0 Å². The molecule has 1 saturated heterocycles. The fourth-order valence-corrected chi connectivity index (χ4v) is 3.57. The van der Waals surface area contributed by atoms with Gasteiger partial charge in [0.2, 0.25) is 0 Å². The van der Waals surface area contributed by atoms with Crippen LogP contribution in [0.25, 0.3) is 28.2 Å². The summed E-state index contributed by atoms with van der Waals surface area (Å²) in [7, 11) is 0. The summed E-state index contributed by atoms with van der Waals surface area (Å²) in [6.07, 6.45) is 5.24. The lowest BCUT2D eigenvalue weighted by Crippen LogP contribution is -2.29. The summed E-state index contributed by atoms with van der Waals surface area (Å²) in [6, 6.07) is 8.76. The van der Waals surface area contributed by atoms with Crippen LogP contribution in [-0.2, 0) is 0 Å². The van der Waals surface area contributed by atoms with E-state index in [4.69, 9.17) is 0 Å². The topological polar surface area (TPSA) is 72.1 Å². The summed E-state index contributed by atoms with van der Waals surface area (Å²) in [5, 5.41) is 9.83. The summed E-state index contributed by atoms with van der Waals surface area (Å²) >= 11 is 0. The van der Waals surface area contributed by atoms with Crippen LogP contribution < -0.4 is 10.6 Å². The number of halogens is 3. The zero-order valence-corrected chi connectivity index (χ0v) is 15.7. The number of pyridine rings is 2. The van der Waals surface area contributed by atoms with E-state index in [1.807, 2.05) is 22.7 Å². The molecule has 1 fully saturated rings. The Balaban J connectivity index is 1.49. The molecule has 2 N–H and O–H groups in total. The van der Waals surface area contributed by atoms with Crippen LogP contribution in [0, 0.1) is 0 Å². The lowest BCUT2D eigenvalue weighted by atomic mass is 10.1. The number of nitrogens with one attached hydrogen (secondary N) is 2. The molecule has 2 atom stereocenters. The number of anilines is 1. The molecule has 0 aliphatic carbocycles. The van der Waals surface area contributed by atoms with Gasteiger partial charge >= 0.3 is 6.55 Å². The van der Waals surface area contributed by atoms with Crippen LogP contribution in [0.2, 0.25) is 0 Å². The maximum Gasteiger partial charge on any atom is 0.333 e. The van der Waals surface area contributed by atoms with Crippen molar-refractivity contribution in [1.82, 2.24) is 29.5 Å². The van der Waals surface area contributed by atoms with E-state index in [1.165, 1.54) is 12.4 Å². The predicted molar refractivity (Wildman–Crippen MR) is 106 cm³/mol. The van der Waals surface area contributed by atoms with Crippen LogP contribution in [0.5, 0.6) is 0 Å². The Bertz CT molecular complexity index is 1190. The number of rotatable bonds is 5. The van der Waals surface area contributed by atoms with Crippen molar-refractivity contribution < 1.29 is 13.2 Å². The van der Waals surface area contributed by atoms with Gasteiger partial charge in [-0.2, -0.15) is 13.9 Å². The molecule has 0 radical (unpaired) electrons. The highest BCUT2D eigenvalue weighted by molar-refractivity contribution is 5.67. The molecule has 0 unspecified atom stereocenters. The molecule has 1 aliphatic heterocycles. The van der Waals surface area contributed by atoms with Crippen molar-refractivity contribution >= 4 is 11.5 Å². The minimum absolute atomic E-state index is 0.326. The first-order valence-corrected chi connectivity index (χ1v) is 9.47. The largest absolute Gasteiger partial charge is 0.363 e. The van der Waals surface area contributed by atoms with Gasteiger partial charge in [0.1, 0.15) is 17.6 Å². The van der Waals surface area contributed by atoms with E-state index in [1.54, 1.807) is 24.4 Å². The second-order valence-electron chi connectivity index (χ2n) is 7.11. The van der Waals surface area contributed by atoms with Crippen molar-refractivity contribution in [3.8, 4) is 22.5 Å². The van der Waals surface area contributed by atoms with Gasteiger partial charge in [-0.3, -0.25) is 4.40 Å². The molecule has 0 aromatic carbocycles. The van der Waals surface area contributed by atoms with Crippen LogP contribution in [0.4, 0.5) is 19.0 Å². The Hall–Kier alpha value is -3.40. The summed E-state index contributed by atoms with van der Waals surface area (Å²) in [6.45, 7) is -1.82. The van der Waals surface area contributed by atoms with Crippen molar-refractivity contribution in [3.05, 3.63) is 55.1 Å². The number of nitrogens with zero attached hydrogens (tertiary/aromatic N) is 5. The minimum atomic E-state index is -2.69. The van der Waals surface area contributed by atoms with Crippen LogP contribution in [0.3, 0.4) is 0 Å². The van der Waals surface area contributed by atoms with Crippen LogP contribution >= 0.6 is 0 Å². The van der Waals surface area contributed by atoms with Crippen molar-refractivity contribution in [2.45, 2.75) is 18.8 Å². The quantitative estimate of drug-likeness (QED) is 0.525. The highest BCUT2D eigenvalue weighted by Gasteiger charge is 2.26. The molecule has 0 spiro atoms. The molecule has 4 aromatic heterocycles. The highest BCUT2D eigenvalue weighted by atomic mass is 19.3. The molecule has 5 rings (SSSR count). The van der Waals surface area contributed by atoms with E-state index >= 15 is 0 Å². The summed E-state index contributed by atoms with van der Waals surface area (Å²) in [4.78, 5) is 9.01. The Labute approximate surface area is 169 Å². The molecule has 5 heterocycles. The number of fused-ring (bicyclic) bond motifs is 1. The third-order valence-corrected chi connectivity index (χ3v) is 5.13. The second kappa shape index (κ2) is 7.45. The summed E-state index contributed by atoms with van der Waals surface area (Å²) < 4.78 is 42.0. The van der Waals surface area contributed by atoms with Crippen LogP contribution in [0.1, 0.15) is 6.55 Å². The van der Waals surface area contributed by atoms with Crippen molar-refractivity contribution in [2.75, 3.05) is 18.4 Å². The molecular weight excluding hydrogens is 395 g/mol. The molecule has 1 aliphatic rings. The van der Waals surface area contributed by atoms with E-state index in [-0.39, 0.29) is 6.04 Å². The lowest BCUT2D eigenvalue weighted by molar-refractivity contribution is 0.0566. The number of hydrogen-bond acceptors (Lipinski definition) is 5. The number of aromatic nitrogens is 5. The van der Waals surface area contributed by atoms with Crippen molar-refractivity contribution in [1.29, 1.82) is 0 Å². The average Bonchev–Trinajstić information content (AvgIpc) is 3.48. The van der Waals surface area contributed by atoms with E-state index in [0.717, 1.165) is 11.3 Å². The zero-order chi connectivity index (χ0) is 20.7. The highest BCUT2D eigenvalue weighted by Crippen LogP contribution is 2.26. The monoisotopic (exact) mass is 413 g/mol. The minimum Gasteiger partial charge on any atom is -0.363 e. The molecule has 0 bridgehead atoms. The van der Waals surface area contributed by atoms with Gasteiger partial charge in [0.05, 0.1) is 29.8 Å². The first-order valence-electron chi connectivity index (χ1n) is 9.47. The maximum atomic E-state index is 13.9. The number of hydrogen-bond donors (Lipinski definition) is 2. The maximum absolute atomic E-state index is 13.9.